The normalized spacial score (nSPS) is 10.8. The standard InChI is InChI=1S/C15H12ClN3O3S/c16-12-5-3-6-13(8-12)23(21,22)18-10-15(20)19-14-7-2-1-4-11(14)9-17/h1-8,18H,10H2,(H,19,20). The number of nitrogens with one attached hydrogen (secondary N) is 2. The van der Waals surface area contributed by atoms with Gasteiger partial charge in [0.1, 0.15) is 6.07 Å². The number of hydrogen-bond acceptors (Lipinski definition) is 4. The summed E-state index contributed by atoms with van der Waals surface area (Å²) in [5.74, 6) is -0.585. The van der Waals surface area contributed by atoms with Crippen LogP contribution in [0.15, 0.2) is 53.4 Å². The predicted octanol–water partition coefficient (Wildman–Crippen LogP) is 2.13. The van der Waals surface area contributed by atoms with Crippen molar-refractivity contribution in [2.75, 3.05) is 11.9 Å². The minimum absolute atomic E-state index is 0.0322. The molecule has 118 valence electrons. The van der Waals surface area contributed by atoms with Gasteiger partial charge in [0.2, 0.25) is 15.9 Å². The number of amides is 1. The van der Waals surface area contributed by atoms with Crippen molar-refractivity contribution in [1.29, 1.82) is 5.26 Å². The molecule has 0 aliphatic carbocycles. The lowest BCUT2D eigenvalue weighted by Crippen LogP contribution is -2.33. The zero-order valence-corrected chi connectivity index (χ0v) is 13.4. The second-order valence-corrected chi connectivity index (χ2v) is 6.69. The molecular weight excluding hydrogens is 338 g/mol. The molecule has 2 rings (SSSR count). The average Bonchev–Trinajstić information content (AvgIpc) is 2.53. The molecule has 23 heavy (non-hydrogen) atoms. The highest BCUT2D eigenvalue weighted by Crippen LogP contribution is 2.15. The van der Waals surface area contributed by atoms with Crippen LogP contribution >= 0.6 is 11.6 Å². The zero-order valence-electron chi connectivity index (χ0n) is 11.8. The molecule has 0 heterocycles. The number of para-hydroxylation sites is 1. The fourth-order valence-corrected chi connectivity index (χ4v) is 3.04. The summed E-state index contributed by atoms with van der Waals surface area (Å²) >= 11 is 5.75. The monoisotopic (exact) mass is 349 g/mol. The first kappa shape index (κ1) is 17.0. The molecule has 2 aromatic carbocycles. The number of hydrogen-bond donors (Lipinski definition) is 2. The minimum Gasteiger partial charge on any atom is -0.324 e. The third-order valence-corrected chi connectivity index (χ3v) is 4.48. The number of sulfonamides is 1. The number of carbonyl (C=O) groups excluding carboxylic acids is 1. The Kier molecular flexibility index (Phi) is 5.34. The molecular formula is C15H12ClN3O3S. The summed E-state index contributed by atoms with van der Waals surface area (Å²) in [4.78, 5) is 11.8. The molecule has 0 aliphatic heterocycles. The van der Waals surface area contributed by atoms with E-state index in [1.54, 1.807) is 30.3 Å². The number of nitriles is 1. The molecule has 0 aromatic heterocycles. The molecule has 0 bridgehead atoms. The van der Waals surface area contributed by atoms with E-state index < -0.39 is 22.5 Å². The van der Waals surface area contributed by atoms with Crippen molar-refractivity contribution in [3.8, 4) is 6.07 Å². The van der Waals surface area contributed by atoms with Gasteiger partial charge in [-0.1, -0.05) is 29.8 Å². The topological polar surface area (TPSA) is 99.1 Å². The Morgan fingerprint density at radius 1 is 1.17 bits per heavy atom. The van der Waals surface area contributed by atoms with Crippen molar-refractivity contribution in [3.05, 3.63) is 59.1 Å². The van der Waals surface area contributed by atoms with E-state index in [2.05, 4.69) is 10.0 Å². The molecule has 2 N–H and O–H groups in total. The summed E-state index contributed by atoms with van der Waals surface area (Å²) in [6.07, 6.45) is 0. The van der Waals surface area contributed by atoms with Gasteiger partial charge >= 0.3 is 0 Å². The Labute approximate surface area is 138 Å². The molecule has 2 aromatic rings. The van der Waals surface area contributed by atoms with Gasteiger partial charge in [-0.15, -0.1) is 0 Å². The van der Waals surface area contributed by atoms with Crippen molar-refractivity contribution >= 4 is 33.2 Å². The van der Waals surface area contributed by atoms with Crippen LogP contribution in [0, 0.1) is 11.3 Å². The summed E-state index contributed by atoms with van der Waals surface area (Å²) in [6, 6.07) is 14.1. The molecule has 0 atom stereocenters. The van der Waals surface area contributed by atoms with Gasteiger partial charge in [0.25, 0.3) is 0 Å². The van der Waals surface area contributed by atoms with Crippen molar-refractivity contribution < 1.29 is 13.2 Å². The van der Waals surface area contributed by atoms with Crippen molar-refractivity contribution in [1.82, 2.24) is 4.72 Å². The van der Waals surface area contributed by atoms with Gasteiger partial charge in [-0.25, -0.2) is 13.1 Å². The summed E-state index contributed by atoms with van der Waals surface area (Å²) in [7, 11) is -3.85. The Hall–Kier alpha value is -2.40. The minimum atomic E-state index is -3.85. The van der Waals surface area contributed by atoms with E-state index in [1.165, 1.54) is 18.2 Å². The van der Waals surface area contributed by atoms with Crippen molar-refractivity contribution in [2.45, 2.75) is 4.90 Å². The first-order valence-corrected chi connectivity index (χ1v) is 8.33. The van der Waals surface area contributed by atoms with Crippen LogP contribution in [0.4, 0.5) is 5.69 Å². The third kappa shape index (κ3) is 4.53. The predicted molar refractivity (Wildman–Crippen MR) is 86.4 cm³/mol. The van der Waals surface area contributed by atoms with Crippen LogP contribution in [0.3, 0.4) is 0 Å². The highest BCUT2D eigenvalue weighted by atomic mass is 35.5. The Morgan fingerprint density at radius 2 is 1.91 bits per heavy atom. The number of benzene rings is 2. The van der Waals surface area contributed by atoms with Crippen LogP contribution in [0.25, 0.3) is 0 Å². The lowest BCUT2D eigenvalue weighted by Gasteiger charge is -2.09. The molecule has 1 amide bonds. The Balaban J connectivity index is 2.03. The van der Waals surface area contributed by atoms with E-state index >= 15 is 0 Å². The number of carbonyl (C=O) groups is 1. The van der Waals surface area contributed by atoms with Gasteiger partial charge in [0.05, 0.1) is 22.7 Å². The maximum atomic E-state index is 12.1. The molecule has 0 saturated carbocycles. The molecule has 0 spiro atoms. The van der Waals surface area contributed by atoms with E-state index in [9.17, 15) is 13.2 Å². The van der Waals surface area contributed by atoms with Gasteiger partial charge in [0, 0.05) is 5.02 Å². The third-order valence-electron chi connectivity index (χ3n) is 2.85. The lowest BCUT2D eigenvalue weighted by molar-refractivity contribution is -0.115. The quantitative estimate of drug-likeness (QED) is 0.863. The van der Waals surface area contributed by atoms with Crippen LogP contribution in [-0.2, 0) is 14.8 Å². The molecule has 0 unspecified atom stereocenters. The molecule has 0 radical (unpaired) electrons. The highest BCUT2D eigenvalue weighted by molar-refractivity contribution is 7.89. The first-order valence-electron chi connectivity index (χ1n) is 6.46. The molecule has 0 saturated heterocycles. The van der Waals surface area contributed by atoms with Gasteiger partial charge < -0.3 is 5.32 Å². The van der Waals surface area contributed by atoms with Crippen LogP contribution in [0.1, 0.15) is 5.56 Å². The summed E-state index contributed by atoms with van der Waals surface area (Å²) in [5.41, 5.74) is 0.612. The van der Waals surface area contributed by atoms with Crippen LogP contribution in [0.5, 0.6) is 0 Å². The maximum absolute atomic E-state index is 12.1. The molecule has 6 nitrogen and oxygen atoms in total. The summed E-state index contributed by atoms with van der Waals surface area (Å²) in [6.45, 7) is -0.464. The zero-order chi connectivity index (χ0) is 16.9. The number of rotatable bonds is 5. The second kappa shape index (κ2) is 7.24. The van der Waals surface area contributed by atoms with Crippen LogP contribution in [-0.4, -0.2) is 20.9 Å². The lowest BCUT2D eigenvalue weighted by atomic mass is 10.2. The first-order chi connectivity index (χ1) is 10.9. The highest BCUT2D eigenvalue weighted by Gasteiger charge is 2.16. The number of anilines is 1. The number of nitrogens with zero attached hydrogens (tertiary/aromatic N) is 1. The van der Waals surface area contributed by atoms with E-state index in [0.29, 0.717) is 11.3 Å². The fourth-order valence-electron chi connectivity index (χ4n) is 1.76. The van der Waals surface area contributed by atoms with E-state index in [4.69, 9.17) is 16.9 Å². The molecule has 0 aliphatic rings. The van der Waals surface area contributed by atoms with Gasteiger partial charge in [-0.05, 0) is 30.3 Å². The second-order valence-electron chi connectivity index (χ2n) is 4.49. The SMILES string of the molecule is N#Cc1ccccc1NC(=O)CNS(=O)(=O)c1cccc(Cl)c1. The average molecular weight is 350 g/mol. The Bertz CT molecular complexity index is 876. The summed E-state index contributed by atoms with van der Waals surface area (Å²) in [5, 5.41) is 11.7. The maximum Gasteiger partial charge on any atom is 0.241 e. The van der Waals surface area contributed by atoms with E-state index in [1.807, 2.05) is 6.07 Å². The smallest absolute Gasteiger partial charge is 0.241 e. The van der Waals surface area contributed by atoms with Crippen molar-refractivity contribution in [3.63, 3.8) is 0 Å². The van der Waals surface area contributed by atoms with Gasteiger partial charge in [0.15, 0.2) is 0 Å². The Morgan fingerprint density at radius 3 is 2.61 bits per heavy atom. The molecule has 8 heteroatoms. The summed E-state index contributed by atoms with van der Waals surface area (Å²) < 4.78 is 26.3. The van der Waals surface area contributed by atoms with E-state index in [0.717, 1.165) is 0 Å². The van der Waals surface area contributed by atoms with Crippen molar-refractivity contribution in [2.24, 2.45) is 0 Å². The van der Waals surface area contributed by atoms with E-state index in [-0.39, 0.29) is 9.92 Å². The van der Waals surface area contributed by atoms with Gasteiger partial charge in [-0.2, -0.15) is 5.26 Å². The fraction of sp³-hybridized carbons (Fsp3) is 0.0667. The van der Waals surface area contributed by atoms with Crippen LogP contribution < -0.4 is 10.0 Å². The number of halogens is 1. The van der Waals surface area contributed by atoms with Gasteiger partial charge in [-0.3, -0.25) is 4.79 Å². The largest absolute Gasteiger partial charge is 0.324 e. The van der Waals surface area contributed by atoms with Crippen LogP contribution in [0.2, 0.25) is 5.02 Å². The molecule has 0 fully saturated rings.